The fraction of sp³-hybridized carbons (Fsp3) is 0.571. The number of methoxy groups -OCH3 is 1. The van der Waals surface area contributed by atoms with Crippen LogP contribution in [0.15, 0.2) is 18.2 Å². The Morgan fingerprint density at radius 3 is 2.90 bits per heavy atom. The molecular formula is C21H28NO6P. The van der Waals surface area contributed by atoms with Crippen LogP contribution in [0.25, 0.3) is 0 Å². The summed E-state index contributed by atoms with van der Waals surface area (Å²) in [5, 5.41) is 0. The number of hydrogen-bond acceptors (Lipinski definition) is 7. The zero-order valence-electron chi connectivity index (χ0n) is 17.5. The maximum absolute atomic E-state index is 11.5. The maximum atomic E-state index is 11.5. The minimum absolute atomic E-state index is 0.141. The molecule has 0 bridgehead atoms. The second-order valence-corrected chi connectivity index (χ2v) is 8.57. The van der Waals surface area contributed by atoms with Gasteiger partial charge in [-0.25, -0.2) is 0 Å². The van der Waals surface area contributed by atoms with Gasteiger partial charge in [-0.15, -0.1) is 0 Å². The largest absolute Gasteiger partial charge is 0.490 e. The Morgan fingerprint density at radius 1 is 1.41 bits per heavy atom. The molecule has 0 aromatic heterocycles. The first kappa shape index (κ1) is 20.5. The van der Waals surface area contributed by atoms with E-state index in [1.165, 1.54) is 6.92 Å². The normalized spacial score (nSPS) is 30.4. The summed E-state index contributed by atoms with van der Waals surface area (Å²) in [6, 6.07) is 2.35. The smallest absolute Gasteiger partial charge is 0.303 e. The first-order chi connectivity index (χ1) is 13.9. The standard InChI is InChI=1S/C21H28NO6P/c1-12-10-21-7-6-15(25-13(2)23)9-17(21)26-20-18(21)14(11-22(12)3)8-16(19(20)24-4)27-28-29-5/h6-8,12,15,17,29H,9-11H2,1-5H3. The molecule has 1 aromatic carbocycles. The molecule has 5 atom stereocenters. The molecule has 0 fully saturated rings. The van der Waals surface area contributed by atoms with E-state index in [1.54, 1.807) is 7.11 Å². The van der Waals surface area contributed by atoms with Crippen molar-refractivity contribution in [2.45, 2.75) is 56.9 Å². The van der Waals surface area contributed by atoms with Crippen molar-refractivity contribution in [3.05, 3.63) is 29.3 Å². The van der Waals surface area contributed by atoms with E-state index in [9.17, 15) is 4.79 Å². The quantitative estimate of drug-likeness (QED) is 0.238. The molecule has 1 aliphatic carbocycles. The fourth-order valence-corrected chi connectivity index (χ4v) is 5.03. The van der Waals surface area contributed by atoms with Gasteiger partial charge < -0.3 is 19.1 Å². The number of ether oxygens (including phenoxy) is 3. The fourth-order valence-electron chi connectivity index (χ4n) is 4.85. The lowest BCUT2D eigenvalue weighted by Crippen LogP contribution is -2.45. The van der Waals surface area contributed by atoms with Crippen molar-refractivity contribution >= 4 is 14.8 Å². The first-order valence-electron chi connectivity index (χ1n) is 9.87. The van der Waals surface area contributed by atoms with E-state index < -0.39 is 0 Å². The van der Waals surface area contributed by atoms with Crippen LogP contribution in [-0.4, -0.2) is 49.9 Å². The van der Waals surface area contributed by atoms with E-state index in [1.807, 2.05) is 18.8 Å². The molecule has 0 saturated heterocycles. The predicted molar refractivity (Wildman–Crippen MR) is 110 cm³/mol. The first-order valence-corrected chi connectivity index (χ1v) is 11.3. The van der Waals surface area contributed by atoms with Crippen LogP contribution in [0.2, 0.25) is 0 Å². The Labute approximate surface area is 173 Å². The minimum atomic E-state index is -0.288. The van der Waals surface area contributed by atoms with Crippen molar-refractivity contribution in [3.8, 4) is 17.2 Å². The highest BCUT2D eigenvalue weighted by atomic mass is 31.1. The molecule has 3 aliphatic rings. The van der Waals surface area contributed by atoms with Crippen molar-refractivity contribution in [1.82, 2.24) is 4.90 Å². The van der Waals surface area contributed by atoms with E-state index >= 15 is 0 Å². The lowest BCUT2D eigenvalue weighted by atomic mass is 9.68. The van der Waals surface area contributed by atoms with E-state index in [4.69, 9.17) is 23.8 Å². The highest BCUT2D eigenvalue weighted by Gasteiger charge is 2.55. The third-order valence-electron chi connectivity index (χ3n) is 6.18. The summed E-state index contributed by atoms with van der Waals surface area (Å²) < 4.78 is 22.9. The second-order valence-electron chi connectivity index (χ2n) is 8.00. The Kier molecular flexibility index (Phi) is 5.49. The van der Waals surface area contributed by atoms with Gasteiger partial charge in [0.25, 0.3) is 0 Å². The molecule has 1 aromatic rings. The molecule has 0 amide bonds. The summed E-state index contributed by atoms with van der Waals surface area (Å²) >= 11 is 0. The van der Waals surface area contributed by atoms with E-state index in [0.717, 1.165) is 24.1 Å². The summed E-state index contributed by atoms with van der Waals surface area (Å²) in [4.78, 5) is 19.4. The van der Waals surface area contributed by atoms with Crippen LogP contribution in [-0.2, 0) is 26.2 Å². The Hall–Kier alpha value is -1.82. The Bertz CT molecular complexity index is 843. The van der Waals surface area contributed by atoms with E-state index in [2.05, 4.69) is 24.9 Å². The lowest BCUT2D eigenvalue weighted by molar-refractivity contribution is -0.145. The van der Waals surface area contributed by atoms with Gasteiger partial charge in [-0.2, -0.15) is 4.67 Å². The molecule has 8 heteroatoms. The highest BCUT2D eigenvalue weighted by Crippen LogP contribution is 2.59. The van der Waals surface area contributed by atoms with Crippen LogP contribution in [0.4, 0.5) is 0 Å². The van der Waals surface area contributed by atoms with Gasteiger partial charge in [0.05, 0.1) is 21.3 Å². The number of esters is 1. The second kappa shape index (κ2) is 7.78. The van der Waals surface area contributed by atoms with E-state index in [0.29, 0.717) is 29.7 Å². The number of rotatable bonds is 5. The van der Waals surface area contributed by atoms with Gasteiger partial charge in [0.2, 0.25) is 11.5 Å². The number of benzene rings is 1. The van der Waals surface area contributed by atoms with Crippen molar-refractivity contribution < 1.29 is 28.6 Å². The van der Waals surface area contributed by atoms with E-state index in [-0.39, 0.29) is 32.4 Å². The van der Waals surface area contributed by atoms with Crippen LogP contribution in [0.5, 0.6) is 17.2 Å². The van der Waals surface area contributed by atoms with Gasteiger partial charge in [0.1, 0.15) is 12.2 Å². The van der Waals surface area contributed by atoms with Crippen molar-refractivity contribution in [2.75, 3.05) is 20.8 Å². The average Bonchev–Trinajstić information content (AvgIpc) is 2.94. The molecule has 158 valence electrons. The highest BCUT2D eigenvalue weighted by molar-refractivity contribution is 7.31. The summed E-state index contributed by atoms with van der Waals surface area (Å²) in [6.45, 7) is 6.34. The zero-order valence-corrected chi connectivity index (χ0v) is 18.5. The number of carbonyl (C=O) groups excluding carboxylic acids is 1. The van der Waals surface area contributed by atoms with Gasteiger partial charge in [0.15, 0.2) is 5.75 Å². The molecule has 2 aliphatic heterocycles. The summed E-state index contributed by atoms with van der Waals surface area (Å²) in [5.41, 5.74) is 2.01. The van der Waals surface area contributed by atoms with Crippen molar-refractivity contribution in [1.29, 1.82) is 0 Å². The Balaban J connectivity index is 1.85. The monoisotopic (exact) mass is 421 g/mol. The molecule has 0 radical (unpaired) electrons. The van der Waals surface area contributed by atoms with Crippen molar-refractivity contribution in [2.24, 2.45) is 0 Å². The molecule has 1 spiro atoms. The maximum Gasteiger partial charge on any atom is 0.303 e. The molecule has 2 heterocycles. The average molecular weight is 421 g/mol. The lowest BCUT2D eigenvalue weighted by Gasteiger charge is -2.38. The topological polar surface area (TPSA) is 66.5 Å². The molecule has 7 nitrogen and oxygen atoms in total. The van der Waals surface area contributed by atoms with Gasteiger partial charge in [-0.05, 0) is 44.8 Å². The van der Waals surface area contributed by atoms with Crippen LogP contribution in [0, 0.1) is 0 Å². The third-order valence-corrected chi connectivity index (χ3v) is 6.43. The minimum Gasteiger partial charge on any atom is -0.490 e. The molecule has 0 saturated carbocycles. The molecular weight excluding hydrogens is 393 g/mol. The summed E-state index contributed by atoms with van der Waals surface area (Å²) in [5.74, 6) is 1.49. The van der Waals surface area contributed by atoms with Crippen LogP contribution in [0.3, 0.4) is 0 Å². The predicted octanol–water partition coefficient (Wildman–Crippen LogP) is 3.34. The van der Waals surface area contributed by atoms with Gasteiger partial charge >= 0.3 is 5.97 Å². The van der Waals surface area contributed by atoms with Gasteiger partial charge in [-0.1, -0.05) is 6.08 Å². The number of nitrogens with zero attached hydrogens (tertiary/aromatic N) is 1. The number of carbonyl (C=O) groups is 1. The Morgan fingerprint density at radius 2 is 2.21 bits per heavy atom. The van der Waals surface area contributed by atoms with Crippen LogP contribution in [0.1, 0.15) is 37.8 Å². The molecule has 5 unspecified atom stereocenters. The van der Waals surface area contributed by atoms with Gasteiger partial charge in [0, 0.05) is 31.5 Å². The molecule has 0 N–H and O–H groups in total. The third kappa shape index (κ3) is 3.39. The summed E-state index contributed by atoms with van der Waals surface area (Å²) in [6.07, 6.45) is 5.28. The zero-order chi connectivity index (χ0) is 20.8. The SMILES string of the molecule is COc1c(OOPC)cc2c3c1OC1CC(OC(C)=O)C=CC31CC(C)N(C)C2. The molecule has 4 rings (SSSR count). The molecule has 29 heavy (non-hydrogen) atoms. The van der Waals surface area contributed by atoms with Crippen LogP contribution >= 0.6 is 8.81 Å². The summed E-state index contributed by atoms with van der Waals surface area (Å²) in [7, 11) is 3.94. The van der Waals surface area contributed by atoms with Crippen molar-refractivity contribution in [3.63, 3.8) is 0 Å². The van der Waals surface area contributed by atoms with Gasteiger partial charge in [-0.3, -0.25) is 9.69 Å². The van der Waals surface area contributed by atoms with Crippen LogP contribution < -0.4 is 14.4 Å². The number of hydrogen-bond donors (Lipinski definition) is 0.